The van der Waals surface area contributed by atoms with E-state index in [4.69, 9.17) is 15.2 Å². The van der Waals surface area contributed by atoms with Crippen LogP contribution in [0.15, 0.2) is 4.52 Å². The van der Waals surface area contributed by atoms with E-state index in [1.54, 1.807) is 7.11 Å². The average molecular weight is 187 g/mol. The molecule has 1 rings (SSSR count). The van der Waals surface area contributed by atoms with Gasteiger partial charge in [-0.15, -0.1) is 0 Å². The molecule has 0 fully saturated rings. The first-order chi connectivity index (χ1) is 6.10. The highest BCUT2D eigenvalue weighted by atomic mass is 16.6. The van der Waals surface area contributed by atoms with E-state index in [1.165, 1.54) is 0 Å². The summed E-state index contributed by atoms with van der Waals surface area (Å²) in [5, 5.41) is 3.73. The third-order valence-electron chi connectivity index (χ3n) is 1.72. The molecule has 6 heteroatoms. The number of aromatic nitrogens is 2. The quantitative estimate of drug-likeness (QED) is 0.684. The largest absolute Gasteiger partial charge is 0.371 e. The highest BCUT2D eigenvalue weighted by Gasteiger charge is 2.25. The third kappa shape index (κ3) is 2.24. The molecule has 1 heterocycles. The van der Waals surface area contributed by atoms with Crippen LogP contribution in [0, 0.1) is 0 Å². The number of rotatable bonds is 4. The van der Waals surface area contributed by atoms with Crippen molar-refractivity contribution in [1.29, 1.82) is 0 Å². The second-order valence-electron chi connectivity index (χ2n) is 3.04. The number of hydrogen-bond acceptors (Lipinski definition) is 6. The fourth-order valence-electron chi connectivity index (χ4n) is 0.721. The molecule has 0 aliphatic rings. The van der Waals surface area contributed by atoms with Crippen LogP contribution >= 0.6 is 0 Å². The van der Waals surface area contributed by atoms with Gasteiger partial charge in [-0.3, -0.25) is 4.84 Å². The van der Waals surface area contributed by atoms with E-state index < -0.39 is 5.60 Å². The summed E-state index contributed by atoms with van der Waals surface area (Å²) in [6.45, 7) is 3.78. The predicted molar refractivity (Wildman–Crippen MR) is 43.3 cm³/mol. The van der Waals surface area contributed by atoms with Gasteiger partial charge in [-0.1, -0.05) is 5.16 Å². The lowest BCUT2D eigenvalue weighted by atomic mass is 10.1. The molecule has 0 amide bonds. The Kier molecular flexibility index (Phi) is 2.97. The zero-order valence-corrected chi connectivity index (χ0v) is 7.90. The first-order valence-corrected chi connectivity index (χ1v) is 3.80. The number of methoxy groups -OCH3 is 1. The molecular weight excluding hydrogens is 174 g/mol. The zero-order chi connectivity index (χ0) is 9.90. The predicted octanol–water partition coefficient (Wildman–Crippen LogP) is 0.341. The fraction of sp³-hybridized carbons (Fsp3) is 0.714. The maximum atomic E-state index is 5.16. The van der Waals surface area contributed by atoms with Gasteiger partial charge in [0.15, 0.2) is 0 Å². The molecule has 74 valence electrons. The van der Waals surface area contributed by atoms with Crippen molar-refractivity contribution in [2.24, 2.45) is 5.90 Å². The van der Waals surface area contributed by atoms with E-state index in [0.717, 1.165) is 0 Å². The van der Waals surface area contributed by atoms with Crippen molar-refractivity contribution >= 4 is 0 Å². The second-order valence-corrected chi connectivity index (χ2v) is 3.04. The molecular formula is C7H13N3O3. The molecule has 0 atom stereocenters. The number of nitrogens with zero attached hydrogens (tertiary/aromatic N) is 2. The van der Waals surface area contributed by atoms with E-state index in [-0.39, 0.29) is 6.61 Å². The SMILES string of the molecule is COC(C)(C)c1noc(CON)n1. The van der Waals surface area contributed by atoms with Gasteiger partial charge < -0.3 is 9.26 Å². The smallest absolute Gasteiger partial charge is 0.254 e. The molecule has 0 aromatic carbocycles. The first kappa shape index (κ1) is 10.1. The van der Waals surface area contributed by atoms with Crippen LogP contribution in [0.3, 0.4) is 0 Å². The van der Waals surface area contributed by atoms with Crippen molar-refractivity contribution in [1.82, 2.24) is 10.1 Å². The zero-order valence-electron chi connectivity index (χ0n) is 7.90. The monoisotopic (exact) mass is 187 g/mol. The lowest BCUT2D eigenvalue weighted by molar-refractivity contribution is 0.00973. The third-order valence-corrected chi connectivity index (χ3v) is 1.72. The van der Waals surface area contributed by atoms with Crippen molar-refractivity contribution in [3.8, 4) is 0 Å². The second kappa shape index (κ2) is 3.82. The summed E-state index contributed by atoms with van der Waals surface area (Å²) in [5.74, 6) is 5.66. The summed E-state index contributed by atoms with van der Waals surface area (Å²) in [5.41, 5.74) is -0.559. The standard InChI is InChI=1S/C7H13N3O3/c1-7(2,11-3)6-9-5(4-12-8)13-10-6/h4,8H2,1-3H3. The summed E-state index contributed by atoms with van der Waals surface area (Å²) >= 11 is 0. The van der Waals surface area contributed by atoms with E-state index in [0.29, 0.717) is 11.7 Å². The molecule has 0 aliphatic heterocycles. The lowest BCUT2D eigenvalue weighted by Gasteiger charge is -2.17. The molecule has 0 bridgehead atoms. The Hall–Kier alpha value is -0.980. The van der Waals surface area contributed by atoms with Gasteiger partial charge in [0.05, 0.1) is 0 Å². The number of nitrogens with two attached hydrogens (primary N) is 1. The van der Waals surface area contributed by atoms with Gasteiger partial charge in [0.2, 0.25) is 5.82 Å². The van der Waals surface area contributed by atoms with E-state index in [2.05, 4.69) is 15.0 Å². The van der Waals surface area contributed by atoms with Crippen LogP contribution in [0.5, 0.6) is 0 Å². The summed E-state index contributed by atoms with van der Waals surface area (Å²) in [4.78, 5) is 8.39. The topological polar surface area (TPSA) is 83.4 Å². The van der Waals surface area contributed by atoms with E-state index >= 15 is 0 Å². The molecule has 0 saturated carbocycles. The van der Waals surface area contributed by atoms with Gasteiger partial charge in [-0.25, -0.2) is 5.90 Å². The van der Waals surface area contributed by atoms with Crippen molar-refractivity contribution < 1.29 is 14.1 Å². The number of hydrogen-bond donors (Lipinski definition) is 1. The Morgan fingerprint density at radius 2 is 2.23 bits per heavy atom. The molecule has 1 aromatic rings. The summed E-state index contributed by atoms with van der Waals surface area (Å²) in [7, 11) is 1.58. The number of ether oxygens (including phenoxy) is 1. The maximum Gasteiger partial charge on any atom is 0.254 e. The Morgan fingerprint density at radius 1 is 1.54 bits per heavy atom. The minimum absolute atomic E-state index is 0.104. The van der Waals surface area contributed by atoms with Crippen LogP contribution in [-0.2, 0) is 21.8 Å². The summed E-state index contributed by atoms with van der Waals surface area (Å²) in [6.07, 6.45) is 0. The molecule has 13 heavy (non-hydrogen) atoms. The summed E-state index contributed by atoms with van der Waals surface area (Å²) < 4.78 is 10.0. The van der Waals surface area contributed by atoms with Crippen LogP contribution in [0.1, 0.15) is 25.6 Å². The van der Waals surface area contributed by atoms with Crippen molar-refractivity contribution in [2.75, 3.05) is 7.11 Å². The molecule has 6 nitrogen and oxygen atoms in total. The molecule has 1 aromatic heterocycles. The van der Waals surface area contributed by atoms with Crippen LogP contribution < -0.4 is 5.90 Å². The molecule has 0 unspecified atom stereocenters. The Morgan fingerprint density at radius 3 is 2.77 bits per heavy atom. The van der Waals surface area contributed by atoms with Gasteiger partial charge in [0.1, 0.15) is 12.2 Å². The Labute approximate surface area is 76.0 Å². The Bertz CT molecular complexity index is 272. The normalized spacial score (nSPS) is 12.0. The molecule has 0 spiro atoms. The van der Waals surface area contributed by atoms with Crippen LogP contribution in [-0.4, -0.2) is 17.3 Å². The van der Waals surface area contributed by atoms with Crippen LogP contribution in [0.4, 0.5) is 0 Å². The van der Waals surface area contributed by atoms with Gasteiger partial charge in [-0.05, 0) is 13.8 Å². The van der Waals surface area contributed by atoms with Crippen LogP contribution in [0.25, 0.3) is 0 Å². The maximum absolute atomic E-state index is 5.16. The van der Waals surface area contributed by atoms with Gasteiger partial charge in [-0.2, -0.15) is 4.98 Å². The van der Waals surface area contributed by atoms with Crippen molar-refractivity contribution in [3.63, 3.8) is 0 Å². The van der Waals surface area contributed by atoms with E-state index in [1.807, 2.05) is 13.8 Å². The molecule has 0 radical (unpaired) electrons. The molecule has 0 saturated heterocycles. The first-order valence-electron chi connectivity index (χ1n) is 3.80. The molecule has 2 N–H and O–H groups in total. The van der Waals surface area contributed by atoms with Crippen LogP contribution in [0.2, 0.25) is 0 Å². The van der Waals surface area contributed by atoms with Gasteiger partial charge in [0.25, 0.3) is 5.89 Å². The highest BCUT2D eigenvalue weighted by Crippen LogP contribution is 2.20. The lowest BCUT2D eigenvalue weighted by Crippen LogP contribution is -2.21. The summed E-state index contributed by atoms with van der Waals surface area (Å²) in [6, 6.07) is 0. The molecule has 0 aliphatic carbocycles. The van der Waals surface area contributed by atoms with Gasteiger partial charge in [0, 0.05) is 7.11 Å². The Balaban J connectivity index is 2.79. The highest BCUT2D eigenvalue weighted by molar-refractivity contribution is 4.96. The average Bonchev–Trinajstić information content (AvgIpc) is 2.54. The minimum Gasteiger partial charge on any atom is -0.371 e. The fourth-order valence-corrected chi connectivity index (χ4v) is 0.721. The minimum atomic E-state index is -0.559. The van der Waals surface area contributed by atoms with Crippen molar-refractivity contribution in [2.45, 2.75) is 26.1 Å². The van der Waals surface area contributed by atoms with Gasteiger partial charge >= 0.3 is 0 Å². The van der Waals surface area contributed by atoms with Crippen molar-refractivity contribution in [3.05, 3.63) is 11.7 Å². The van der Waals surface area contributed by atoms with E-state index in [9.17, 15) is 0 Å².